The van der Waals surface area contributed by atoms with Crippen LogP contribution in [0.4, 0.5) is 0 Å². The molecule has 1 atom stereocenters. The molecule has 1 saturated heterocycles. The molecule has 0 aliphatic carbocycles. The van der Waals surface area contributed by atoms with E-state index in [0.29, 0.717) is 24.6 Å². The summed E-state index contributed by atoms with van der Waals surface area (Å²) in [7, 11) is -3.47. The number of morpholine rings is 1. The normalized spacial score (nSPS) is 19.3. The van der Waals surface area contributed by atoms with Gasteiger partial charge in [-0.05, 0) is 38.0 Å². The van der Waals surface area contributed by atoms with E-state index in [0.717, 1.165) is 24.1 Å². The van der Waals surface area contributed by atoms with E-state index in [1.807, 2.05) is 25.1 Å². The van der Waals surface area contributed by atoms with Crippen LogP contribution in [0.1, 0.15) is 17.7 Å². The van der Waals surface area contributed by atoms with E-state index in [9.17, 15) is 8.42 Å². The number of nitrogens with zero attached hydrogens (tertiary/aromatic N) is 3. The molecule has 3 rings (SSSR count). The molecule has 24 heavy (non-hydrogen) atoms. The molecule has 0 radical (unpaired) electrons. The lowest BCUT2D eigenvalue weighted by Gasteiger charge is -2.32. The summed E-state index contributed by atoms with van der Waals surface area (Å²) in [6.45, 7) is 3.12. The molecule has 0 N–H and O–H groups in total. The Labute approximate surface area is 142 Å². The van der Waals surface area contributed by atoms with Crippen LogP contribution in [0.3, 0.4) is 0 Å². The Morgan fingerprint density at radius 3 is 2.75 bits per heavy atom. The maximum Gasteiger partial charge on any atom is 0.243 e. The second-order valence-corrected chi connectivity index (χ2v) is 7.85. The molecular formula is C17H21N3O3S. The highest BCUT2D eigenvalue weighted by Crippen LogP contribution is 2.20. The van der Waals surface area contributed by atoms with Crippen molar-refractivity contribution >= 4 is 10.0 Å². The summed E-state index contributed by atoms with van der Waals surface area (Å²) < 4.78 is 32.8. The van der Waals surface area contributed by atoms with E-state index in [-0.39, 0.29) is 6.10 Å². The first-order valence-electron chi connectivity index (χ1n) is 7.99. The summed E-state index contributed by atoms with van der Waals surface area (Å²) in [4.78, 5) is 8.42. The third kappa shape index (κ3) is 3.98. The summed E-state index contributed by atoms with van der Waals surface area (Å²) in [5, 5.41) is 0. The minimum Gasteiger partial charge on any atom is -0.375 e. The van der Waals surface area contributed by atoms with E-state index in [2.05, 4.69) is 9.97 Å². The van der Waals surface area contributed by atoms with Crippen molar-refractivity contribution in [3.63, 3.8) is 0 Å². The molecule has 128 valence electrons. The topological polar surface area (TPSA) is 72.4 Å². The number of aromatic nitrogens is 2. The van der Waals surface area contributed by atoms with Crippen LogP contribution in [0.5, 0.6) is 0 Å². The minimum atomic E-state index is -3.47. The molecule has 1 aliphatic heterocycles. The lowest BCUT2D eigenvalue weighted by molar-refractivity contribution is -0.00538. The number of rotatable bonds is 5. The van der Waals surface area contributed by atoms with Crippen LogP contribution < -0.4 is 0 Å². The van der Waals surface area contributed by atoms with Crippen LogP contribution >= 0.6 is 0 Å². The van der Waals surface area contributed by atoms with Crippen molar-refractivity contribution in [3.8, 4) is 0 Å². The minimum absolute atomic E-state index is 0.117. The lowest BCUT2D eigenvalue weighted by atomic mass is 10.1. The van der Waals surface area contributed by atoms with Crippen LogP contribution in [-0.2, 0) is 21.2 Å². The Bertz CT molecular complexity index is 763. The highest BCUT2D eigenvalue weighted by atomic mass is 32.2. The van der Waals surface area contributed by atoms with Crippen molar-refractivity contribution < 1.29 is 13.2 Å². The van der Waals surface area contributed by atoms with Crippen LogP contribution in [0, 0.1) is 6.92 Å². The van der Waals surface area contributed by atoms with E-state index in [1.54, 1.807) is 18.3 Å². The summed E-state index contributed by atoms with van der Waals surface area (Å²) in [5.41, 5.74) is 1.98. The van der Waals surface area contributed by atoms with E-state index in [1.165, 1.54) is 10.6 Å². The van der Waals surface area contributed by atoms with Gasteiger partial charge >= 0.3 is 0 Å². The third-order valence-corrected chi connectivity index (χ3v) is 6.01. The van der Waals surface area contributed by atoms with Gasteiger partial charge in [0.05, 0.1) is 17.6 Å². The molecule has 0 amide bonds. The fraction of sp³-hybridized carbons (Fsp3) is 0.412. The summed E-state index contributed by atoms with van der Waals surface area (Å²) >= 11 is 0. The van der Waals surface area contributed by atoms with Crippen LogP contribution in [0.15, 0.2) is 47.8 Å². The number of aryl methyl sites for hydroxylation is 2. The first kappa shape index (κ1) is 17.0. The third-order valence-electron chi connectivity index (χ3n) is 4.13. The zero-order chi connectivity index (χ0) is 17.0. The zero-order valence-corrected chi connectivity index (χ0v) is 14.4. The number of benzene rings is 1. The van der Waals surface area contributed by atoms with Crippen molar-refractivity contribution in [2.75, 3.05) is 19.7 Å². The van der Waals surface area contributed by atoms with Gasteiger partial charge in [-0.25, -0.2) is 18.4 Å². The first-order valence-corrected chi connectivity index (χ1v) is 9.43. The lowest BCUT2D eigenvalue weighted by Crippen LogP contribution is -2.45. The van der Waals surface area contributed by atoms with Crippen molar-refractivity contribution in [2.45, 2.75) is 30.8 Å². The maximum absolute atomic E-state index is 12.8. The Hall–Kier alpha value is -1.83. The number of hydrogen-bond acceptors (Lipinski definition) is 5. The monoisotopic (exact) mass is 347 g/mol. The second kappa shape index (κ2) is 7.38. The van der Waals surface area contributed by atoms with E-state index >= 15 is 0 Å². The van der Waals surface area contributed by atoms with Gasteiger partial charge in [0.25, 0.3) is 0 Å². The number of hydrogen-bond donors (Lipinski definition) is 0. The predicted octanol–water partition coefficient (Wildman–Crippen LogP) is 1.81. The van der Waals surface area contributed by atoms with Crippen LogP contribution in [0.25, 0.3) is 0 Å². The molecular weight excluding hydrogens is 326 g/mol. The molecule has 2 aromatic rings. The zero-order valence-electron chi connectivity index (χ0n) is 13.6. The summed E-state index contributed by atoms with van der Waals surface area (Å²) in [6.07, 6.45) is 4.58. The van der Waals surface area contributed by atoms with Gasteiger partial charge in [0.1, 0.15) is 6.33 Å². The van der Waals surface area contributed by atoms with Crippen LogP contribution in [0.2, 0.25) is 0 Å². The highest BCUT2D eigenvalue weighted by molar-refractivity contribution is 7.89. The predicted molar refractivity (Wildman–Crippen MR) is 90.0 cm³/mol. The molecule has 2 heterocycles. The molecule has 1 aromatic heterocycles. The highest BCUT2D eigenvalue weighted by Gasteiger charge is 2.30. The fourth-order valence-corrected chi connectivity index (χ4v) is 4.17. The molecule has 0 spiro atoms. The van der Waals surface area contributed by atoms with Gasteiger partial charge in [0.15, 0.2) is 0 Å². The summed E-state index contributed by atoms with van der Waals surface area (Å²) in [5.74, 6) is 0. The maximum atomic E-state index is 12.8. The molecule has 1 aliphatic rings. The van der Waals surface area contributed by atoms with E-state index in [4.69, 9.17) is 4.74 Å². The molecule has 0 saturated carbocycles. The molecule has 6 nitrogen and oxygen atoms in total. The Kier molecular flexibility index (Phi) is 5.23. The first-order chi connectivity index (χ1) is 11.6. The number of ether oxygens (including phenoxy) is 1. The van der Waals surface area contributed by atoms with Crippen molar-refractivity contribution in [3.05, 3.63) is 54.1 Å². The largest absolute Gasteiger partial charge is 0.375 e. The Morgan fingerprint density at radius 1 is 1.25 bits per heavy atom. The fourth-order valence-electron chi connectivity index (χ4n) is 2.72. The molecule has 1 aromatic carbocycles. The van der Waals surface area contributed by atoms with Gasteiger partial charge in [-0.2, -0.15) is 4.31 Å². The Morgan fingerprint density at radius 2 is 2.04 bits per heavy atom. The van der Waals surface area contributed by atoms with Gasteiger partial charge in [-0.1, -0.05) is 17.7 Å². The van der Waals surface area contributed by atoms with E-state index < -0.39 is 10.0 Å². The van der Waals surface area contributed by atoms with Gasteiger partial charge in [0.2, 0.25) is 10.0 Å². The number of sulfonamides is 1. The molecule has 0 unspecified atom stereocenters. The Balaban J connectivity index is 1.65. The quantitative estimate of drug-likeness (QED) is 0.825. The smallest absolute Gasteiger partial charge is 0.243 e. The van der Waals surface area contributed by atoms with Gasteiger partial charge in [0, 0.05) is 25.0 Å². The summed E-state index contributed by atoms with van der Waals surface area (Å²) in [6, 6.07) is 8.83. The van der Waals surface area contributed by atoms with Crippen molar-refractivity contribution in [1.82, 2.24) is 14.3 Å². The average molecular weight is 347 g/mol. The van der Waals surface area contributed by atoms with Crippen molar-refractivity contribution in [1.29, 1.82) is 0 Å². The molecule has 0 bridgehead atoms. The van der Waals surface area contributed by atoms with Gasteiger partial charge < -0.3 is 4.74 Å². The van der Waals surface area contributed by atoms with Gasteiger partial charge in [-0.15, -0.1) is 0 Å². The molecule has 7 heteroatoms. The standard InChI is InChI=1S/C17H21N3O3S/c1-14-2-6-17(7-3-14)24(21,22)20-10-11-23-16(12-20)5-4-15-8-9-18-13-19-15/h2-3,6-9,13,16H,4-5,10-12H2,1H3/t16-/m0/s1. The second-order valence-electron chi connectivity index (χ2n) is 5.91. The van der Waals surface area contributed by atoms with Crippen molar-refractivity contribution in [2.24, 2.45) is 0 Å². The molecule has 1 fully saturated rings. The van der Waals surface area contributed by atoms with Gasteiger partial charge in [-0.3, -0.25) is 0 Å². The SMILES string of the molecule is Cc1ccc(S(=O)(=O)N2CCO[C@@H](CCc3ccncn3)C2)cc1. The van der Waals surface area contributed by atoms with Crippen LogP contribution in [-0.4, -0.2) is 48.5 Å². The average Bonchev–Trinajstić information content (AvgIpc) is 2.61.